The number of carbonyl (C=O) groups excluding carboxylic acids is 1. The van der Waals surface area contributed by atoms with Crippen molar-refractivity contribution in [1.82, 2.24) is 0 Å². The first-order valence-corrected chi connectivity index (χ1v) is 5.38. The van der Waals surface area contributed by atoms with Gasteiger partial charge in [0.25, 0.3) is 0 Å². The summed E-state index contributed by atoms with van der Waals surface area (Å²) in [6.07, 6.45) is 0. The summed E-state index contributed by atoms with van der Waals surface area (Å²) in [6.45, 7) is 12.2. The average molecular weight is 216 g/mol. The van der Waals surface area contributed by atoms with E-state index in [1.807, 2.05) is 55.6 Å². The molecule has 0 aromatic heterocycles. The Morgan fingerprint density at radius 1 is 1.07 bits per heavy atom. The zero-order valence-electron chi connectivity index (χ0n) is 11.5. The van der Waals surface area contributed by atoms with Crippen molar-refractivity contribution in [3.05, 3.63) is 0 Å². The van der Waals surface area contributed by atoms with Crippen molar-refractivity contribution in [2.45, 2.75) is 47.1 Å². The number of rotatable bonds is 2. The fourth-order valence-electron chi connectivity index (χ4n) is 1.32. The highest BCUT2D eigenvalue weighted by Gasteiger charge is 2.37. The van der Waals surface area contributed by atoms with E-state index in [4.69, 9.17) is 4.74 Å². The molecule has 0 spiro atoms. The van der Waals surface area contributed by atoms with Gasteiger partial charge in [0.2, 0.25) is 0 Å². The minimum absolute atomic E-state index is 0.187. The van der Waals surface area contributed by atoms with Crippen LogP contribution in [0.4, 0.5) is 0 Å². The molecule has 0 aliphatic heterocycles. The van der Waals surface area contributed by atoms with Gasteiger partial charge in [0.1, 0.15) is 0 Å². The highest BCUT2D eigenvalue weighted by Crippen LogP contribution is 2.21. The number of quaternary nitrogens is 1. The van der Waals surface area contributed by atoms with Gasteiger partial charge >= 0.3 is 5.91 Å². The van der Waals surface area contributed by atoms with Gasteiger partial charge in [-0.25, -0.2) is 9.28 Å². The summed E-state index contributed by atoms with van der Waals surface area (Å²) in [5, 5.41) is 0. The van der Waals surface area contributed by atoms with Crippen molar-refractivity contribution < 1.29 is 14.0 Å². The molecular formula is C12H26NO2+. The Balaban J connectivity index is 4.50. The molecule has 0 aliphatic carbocycles. The molecule has 3 nitrogen and oxygen atoms in total. The van der Waals surface area contributed by atoms with Gasteiger partial charge in [-0.15, -0.1) is 0 Å². The van der Waals surface area contributed by atoms with E-state index in [-0.39, 0.29) is 21.4 Å². The number of hydrogen-bond donors (Lipinski definition) is 0. The average Bonchev–Trinajstić information content (AvgIpc) is 1.97. The predicted molar refractivity (Wildman–Crippen MR) is 62.3 cm³/mol. The smallest absolute Gasteiger partial charge is 0.320 e. The maximum Gasteiger partial charge on any atom is 0.320 e. The Labute approximate surface area is 94.0 Å². The normalized spacial score (nSPS) is 14.1. The highest BCUT2D eigenvalue weighted by atomic mass is 16.5. The van der Waals surface area contributed by atoms with Crippen molar-refractivity contribution in [2.24, 2.45) is 5.41 Å². The summed E-state index contributed by atoms with van der Waals surface area (Å²) in [7, 11) is 3.78. The molecule has 15 heavy (non-hydrogen) atoms. The molecule has 0 radical (unpaired) electrons. The molecule has 0 fully saturated rings. The molecule has 0 heterocycles. The van der Waals surface area contributed by atoms with Crippen LogP contribution < -0.4 is 0 Å². The van der Waals surface area contributed by atoms with Crippen LogP contribution in [0.25, 0.3) is 0 Å². The topological polar surface area (TPSA) is 26.3 Å². The second kappa shape index (κ2) is 4.22. The van der Waals surface area contributed by atoms with E-state index in [1.54, 1.807) is 0 Å². The molecule has 0 saturated carbocycles. The molecular weight excluding hydrogens is 190 g/mol. The summed E-state index contributed by atoms with van der Waals surface area (Å²) in [5.74, 6) is 0.187. The number of hydrogen-bond acceptors (Lipinski definition) is 2. The lowest BCUT2D eigenvalue weighted by atomic mass is 9.94. The Bertz CT molecular complexity index is 231. The quantitative estimate of drug-likeness (QED) is 0.523. The zero-order chi connectivity index (χ0) is 12.5. The SMILES string of the molecule is CC(C)(C)OC[N+](C)(C)C(=O)C(C)(C)C. The largest absolute Gasteiger partial charge is 0.326 e. The first kappa shape index (κ1) is 14.6. The zero-order valence-corrected chi connectivity index (χ0v) is 11.5. The van der Waals surface area contributed by atoms with E-state index in [9.17, 15) is 4.79 Å². The molecule has 0 aromatic carbocycles. The van der Waals surface area contributed by atoms with E-state index in [0.717, 1.165) is 0 Å². The Kier molecular flexibility index (Phi) is 4.11. The van der Waals surface area contributed by atoms with E-state index >= 15 is 0 Å². The Hall–Kier alpha value is -0.410. The maximum absolute atomic E-state index is 12.1. The molecule has 0 aliphatic rings. The molecule has 90 valence electrons. The number of carbonyl (C=O) groups is 1. The van der Waals surface area contributed by atoms with Gasteiger partial charge in [-0.3, -0.25) is 0 Å². The van der Waals surface area contributed by atoms with Crippen molar-refractivity contribution in [3.8, 4) is 0 Å². The third kappa shape index (κ3) is 5.28. The van der Waals surface area contributed by atoms with E-state index in [1.165, 1.54) is 0 Å². The van der Waals surface area contributed by atoms with E-state index in [0.29, 0.717) is 6.73 Å². The van der Waals surface area contributed by atoms with Crippen LogP contribution in [-0.2, 0) is 9.53 Å². The van der Waals surface area contributed by atoms with Crippen LogP contribution >= 0.6 is 0 Å². The molecule has 0 rings (SSSR count). The Morgan fingerprint density at radius 3 is 1.73 bits per heavy atom. The Morgan fingerprint density at radius 2 is 1.47 bits per heavy atom. The minimum atomic E-state index is -0.329. The fraction of sp³-hybridized carbons (Fsp3) is 0.917. The lowest BCUT2D eigenvalue weighted by molar-refractivity contribution is -0.841. The number of amides is 1. The molecule has 3 heteroatoms. The lowest BCUT2D eigenvalue weighted by Gasteiger charge is -2.34. The third-order valence-electron chi connectivity index (χ3n) is 2.01. The lowest BCUT2D eigenvalue weighted by Crippen LogP contribution is -2.53. The van der Waals surface area contributed by atoms with Crippen molar-refractivity contribution in [2.75, 3.05) is 20.8 Å². The fourth-order valence-corrected chi connectivity index (χ4v) is 1.32. The molecule has 0 N–H and O–H groups in total. The molecule has 0 aromatic rings. The summed E-state index contributed by atoms with van der Waals surface area (Å²) < 4.78 is 5.93. The van der Waals surface area contributed by atoms with Gasteiger partial charge in [0.15, 0.2) is 6.73 Å². The first-order valence-electron chi connectivity index (χ1n) is 5.38. The van der Waals surface area contributed by atoms with Crippen LogP contribution in [0.2, 0.25) is 0 Å². The van der Waals surface area contributed by atoms with Crippen LogP contribution in [-0.4, -0.2) is 36.8 Å². The van der Waals surface area contributed by atoms with Crippen LogP contribution in [0.15, 0.2) is 0 Å². The third-order valence-corrected chi connectivity index (χ3v) is 2.01. The van der Waals surface area contributed by atoms with Crippen LogP contribution in [0.1, 0.15) is 41.5 Å². The number of ether oxygens (including phenoxy) is 1. The van der Waals surface area contributed by atoms with Gasteiger partial charge in [-0.1, -0.05) is 0 Å². The van der Waals surface area contributed by atoms with Crippen LogP contribution in [0.5, 0.6) is 0 Å². The summed E-state index contributed by atoms with van der Waals surface area (Å²) >= 11 is 0. The van der Waals surface area contributed by atoms with E-state index < -0.39 is 0 Å². The molecule has 1 amide bonds. The number of nitrogens with zero attached hydrogens (tertiary/aromatic N) is 1. The van der Waals surface area contributed by atoms with E-state index in [2.05, 4.69) is 0 Å². The van der Waals surface area contributed by atoms with Gasteiger partial charge in [-0.2, -0.15) is 0 Å². The molecule has 0 atom stereocenters. The van der Waals surface area contributed by atoms with Crippen LogP contribution in [0, 0.1) is 5.41 Å². The first-order chi connectivity index (χ1) is 6.36. The van der Waals surface area contributed by atoms with Crippen LogP contribution in [0.3, 0.4) is 0 Å². The van der Waals surface area contributed by atoms with Crippen molar-refractivity contribution in [3.63, 3.8) is 0 Å². The summed E-state index contributed by atoms with van der Waals surface area (Å²) in [5.41, 5.74) is -0.529. The molecule has 0 saturated heterocycles. The van der Waals surface area contributed by atoms with Crippen molar-refractivity contribution >= 4 is 5.91 Å². The predicted octanol–water partition coefficient (Wildman–Crippen LogP) is 2.41. The second-order valence-electron chi connectivity index (χ2n) is 6.63. The van der Waals surface area contributed by atoms with Gasteiger partial charge in [0.05, 0.1) is 25.1 Å². The van der Waals surface area contributed by atoms with Crippen molar-refractivity contribution in [1.29, 1.82) is 0 Å². The van der Waals surface area contributed by atoms with Gasteiger partial charge in [0, 0.05) is 0 Å². The summed E-state index contributed by atoms with van der Waals surface area (Å²) in [4.78, 5) is 12.1. The highest BCUT2D eigenvalue weighted by molar-refractivity contribution is 5.74. The minimum Gasteiger partial charge on any atom is -0.326 e. The monoisotopic (exact) mass is 216 g/mol. The van der Waals surface area contributed by atoms with Gasteiger partial charge in [-0.05, 0) is 41.5 Å². The van der Waals surface area contributed by atoms with Gasteiger partial charge < -0.3 is 4.74 Å². The molecule has 0 bridgehead atoms. The second-order valence-corrected chi connectivity index (χ2v) is 6.63. The maximum atomic E-state index is 12.1. The molecule has 0 unspecified atom stereocenters. The standard InChI is InChI=1S/C12H26NO2/c1-11(2,3)10(14)13(7,8)9-15-12(4,5)6/h9H2,1-8H3/q+1. The summed E-state index contributed by atoms with van der Waals surface area (Å²) in [6, 6.07) is 0.